The van der Waals surface area contributed by atoms with Gasteiger partial charge in [0.1, 0.15) is 5.75 Å². The SMILES string of the molecule is COc1ccc(/C=C(/C(=O)Nc2ccc(Cl)cc2)c2ccccc2)cc1. The number of anilines is 1. The number of carbonyl (C=O) groups excluding carboxylic acids is 1. The summed E-state index contributed by atoms with van der Waals surface area (Å²) >= 11 is 5.90. The zero-order valence-corrected chi connectivity index (χ0v) is 15.0. The fourth-order valence-electron chi connectivity index (χ4n) is 2.50. The number of rotatable bonds is 5. The van der Waals surface area contributed by atoms with E-state index in [0.717, 1.165) is 16.9 Å². The zero-order chi connectivity index (χ0) is 18.4. The van der Waals surface area contributed by atoms with Gasteiger partial charge >= 0.3 is 0 Å². The second kappa shape index (κ2) is 8.37. The predicted molar refractivity (Wildman–Crippen MR) is 107 cm³/mol. The lowest BCUT2D eigenvalue weighted by atomic mass is 10.0. The van der Waals surface area contributed by atoms with Crippen LogP contribution >= 0.6 is 11.6 Å². The Morgan fingerprint density at radius 3 is 2.19 bits per heavy atom. The molecule has 3 nitrogen and oxygen atoms in total. The summed E-state index contributed by atoms with van der Waals surface area (Å²) in [5.41, 5.74) is 3.02. The third-order valence-corrected chi connectivity index (χ3v) is 4.11. The molecule has 3 rings (SSSR count). The highest BCUT2D eigenvalue weighted by Crippen LogP contribution is 2.22. The fraction of sp³-hybridized carbons (Fsp3) is 0.0455. The second-order valence-electron chi connectivity index (χ2n) is 5.66. The molecule has 3 aromatic rings. The van der Waals surface area contributed by atoms with Crippen molar-refractivity contribution in [3.05, 3.63) is 95.0 Å². The lowest BCUT2D eigenvalue weighted by molar-refractivity contribution is -0.111. The molecule has 0 atom stereocenters. The molecule has 26 heavy (non-hydrogen) atoms. The number of ether oxygens (including phenoxy) is 1. The number of hydrogen-bond donors (Lipinski definition) is 1. The van der Waals surface area contributed by atoms with Crippen LogP contribution in [0.5, 0.6) is 5.75 Å². The van der Waals surface area contributed by atoms with Crippen molar-refractivity contribution in [3.8, 4) is 5.75 Å². The van der Waals surface area contributed by atoms with Crippen LogP contribution in [-0.4, -0.2) is 13.0 Å². The van der Waals surface area contributed by atoms with Gasteiger partial charge in [-0.3, -0.25) is 4.79 Å². The minimum Gasteiger partial charge on any atom is -0.497 e. The highest BCUT2D eigenvalue weighted by atomic mass is 35.5. The topological polar surface area (TPSA) is 38.3 Å². The van der Waals surface area contributed by atoms with Crippen molar-refractivity contribution in [2.45, 2.75) is 0 Å². The summed E-state index contributed by atoms with van der Waals surface area (Å²) in [7, 11) is 1.62. The van der Waals surface area contributed by atoms with E-state index in [1.165, 1.54) is 0 Å². The Balaban J connectivity index is 1.93. The molecular formula is C22H18ClNO2. The number of halogens is 1. The molecule has 0 fully saturated rings. The van der Waals surface area contributed by atoms with Gasteiger partial charge in [-0.25, -0.2) is 0 Å². The van der Waals surface area contributed by atoms with Gasteiger partial charge in [0.15, 0.2) is 0 Å². The van der Waals surface area contributed by atoms with E-state index in [1.54, 1.807) is 31.4 Å². The van der Waals surface area contributed by atoms with Crippen LogP contribution in [0.15, 0.2) is 78.9 Å². The van der Waals surface area contributed by atoms with Crippen LogP contribution in [0.3, 0.4) is 0 Å². The van der Waals surface area contributed by atoms with Crippen molar-refractivity contribution in [3.63, 3.8) is 0 Å². The van der Waals surface area contributed by atoms with Crippen LogP contribution in [0.4, 0.5) is 5.69 Å². The average molecular weight is 364 g/mol. The number of benzene rings is 3. The minimum atomic E-state index is -0.186. The maximum Gasteiger partial charge on any atom is 0.256 e. The molecule has 0 unspecified atom stereocenters. The van der Waals surface area contributed by atoms with Gasteiger partial charge in [-0.2, -0.15) is 0 Å². The van der Waals surface area contributed by atoms with Crippen LogP contribution in [0.2, 0.25) is 5.02 Å². The van der Waals surface area contributed by atoms with Gasteiger partial charge in [0.2, 0.25) is 0 Å². The van der Waals surface area contributed by atoms with E-state index >= 15 is 0 Å². The van der Waals surface area contributed by atoms with E-state index < -0.39 is 0 Å². The highest BCUT2D eigenvalue weighted by molar-refractivity contribution is 6.31. The smallest absolute Gasteiger partial charge is 0.256 e. The molecule has 0 saturated heterocycles. The van der Waals surface area contributed by atoms with Crippen molar-refractivity contribution in [1.29, 1.82) is 0 Å². The fourth-order valence-corrected chi connectivity index (χ4v) is 2.62. The summed E-state index contributed by atoms with van der Waals surface area (Å²) < 4.78 is 5.18. The van der Waals surface area contributed by atoms with Crippen LogP contribution in [0, 0.1) is 0 Å². The summed E-state index contributed by atoms with van der Waals surface area (Å²) in [6, 6.07) is 24.2. The van der Waals surface area contributed by atoms with E-state index in [1.807, 2.05) is 60.7 Å². The Labute approximate surface area is 157 Å². The first kappa shape index (κ1) is 17.8. The van der Waals surface area contributed by atoms with E-state index in [2.05, 4.69) is 5.32 Å². The summed E-state index contributed by atoms with van der Waals surface area (Å²) in [4.78, 5) is 12.9. The normalized spacial score (nSPS) is 11.1. The number of amides is 1. The molecule has 0 aromatic heterocycles. The Hall–Kier alpha value is -3.04. The lowest BCUT2D eigenvalue weighted by Gasteiger charge is -2.10. The van der Waals surface area contributed by atoms with Gasteiger partial charge < -0.3 is 10.1 Å². The third-order valence-electron chi connectivity index (χ3n) is 3.86. The molecule has 0 saturated carbocycles. The predicted octanol–water partition coefficient (Wildman–Crippen LogP) is 5.53. The van der Waals surface area contributed by atoms with Crippen molar-refractivity contribution in [2.24, 2.45) is 0 Å². The number of methoxy groups -OCH3 is 1. The van der Waals surface area contributed by atoms with E-state index in [9.17, 15) is 4.79 Å². The standard InChI is InChI=1S/C22H18ClNO2/c1-26-20-13-7-16(8-14-20)15-21(17-5-3-2-4-6-17)22(25)24-19-11-9-18(23)10-12-19/h2-15H,1H3,(H,24,25)/b21-15+. The maximum atomic E-state index is 12.9. The molecule has 1 N–H and O–H groups in total. The summed E-state index contributed by atoms with van der Waals surface area (Å²) in [5.74, 6) is 0.586. The first-order valence-electron chi connectivity index (χ1n) is 8.14. The molecule has 0 bridgehead atoms. The van der Waals surface area contributed by atoms with Gasteiger partial charge in [0.25, 0.3) is 5.91 Å². The Morgan fingerprint density at radius 2 is 1.58 bits per heavy atom. The summed E-state index contributed by atoms with van der Waals surface area (Å²) in [5, 5.41) is 3.55. The number of carbonyl (C=O) groups is 1. The lowest BCUT2D eigenvalue weighted by Crippen LogP contribution is -2.13. The first-order chi connectivity index (χ1) is 12.7. The van der Waals surface area contributed by atoms with Crippen molar-refractivity contribution in [2.75, 3.05) is 12.4 Å². The average Bonchev–Trinajstić information content (AvgIpc) is 2.69. The molecule has 130 valence electrons. The first-order valence-corrected chi connectivity index (χ1v) is 8.51. The number of hydrogen-bond acceptors (Lipinski definition) is 2. The Bertz CT molecular complexity index is 901. The quantitative estimate of drug-likeness (QED) is 0.478. The molecule has 0 radical (unpaired) electrons. The summed E-state index contributed by atoms with van der Waals surface area (Å²) in [6.45, 7) is 0. The number of nitrogens with one attached hydrogen (secondary N) is 1. The van der Waals surface area contributed by atoms with Crippen LogP contribution in [0.1, 0.15) is 11.1 Å². The van der Waals surface area contributed by atoms with Crippen molar-refractivity contribution >= 4 is 34.8 Å². The van der Waals surface area contributed by atoms with Gasteiger partial charge in [-0.05, 0) is 53.6 Å². The molecule has 0 aliphatic heterocycles. The van der Waals surface area contributed by atoms with Crippen LogP contribution < -0.4 is 10.1 Å². The van der Waals surface area contributed by atoms with E-state index in [0.29, 0.717) is 16.3 Å². The molecular weight excluding hydrogens is 346 g/mol. The Kier molecular flexibility index (Phi) is 5.72. The van der Waals surface area contributed by atoms with Crippen LogP contribution in [0.25, 0.3) is 11.6 Å². The third kappa shape index (κ3) is 4.52. The van der Waals surface area contributed by atoms with E-state index in [-0.39, 0.29) is 5.91 Å². The molecule has 0 aliphatic carbocycles. The van der Waals surface area contributed by atoms with Gasteiger partial charge in [0.05, 0.1) is 7.11 Å². The van der Waals surface area contributed by atoms with Gasteiger partial charge in [-0.15, -0.1) is 0 Å². The molecule has 0 heterocycles. The molecule has 3 aromatic carbocycles. The second-order valence-corrected chi connectivity index (χ2v) is 6.09. The molecule has 1 amide bonds. The zero-order valence-electron chi connectivity index (χ0n) is 14.3. The van der Waals surface area contributed by atoms with Gasteiger partial charge in [-0.1, -0.05) is 54.1 Å². The largest absolute Gasteiger partial charge is 0.497 e. The van der Waals surface area contributed by atoms with Gasteiger partial charge in [0, 0.05) is 16.3 Å². The Morgan fingerprint density at radius 1 is 0.923 bits per heavy atom. The summed E-state index contributed by atoms with van der Waals surface area (Å²) in [6.07, 6.45) is 1.86. The van der Waals surface area contributed by atoms with Crippen molar-refractivity contribution in [1.82, 2.24) is 0 Å². The monoisotopic (exact) mass is 363 g/mol. The van der Waals surface area contributed by atoms with Crippen LogP contribution in [-0.2, 0) is 4.79 Å². The molecule has 4 heteroatoms. The molecule has 0 aliphatic rings. The highest BCUT2D eigenvalue weighted by Gasteiger charge is 2.12. The maximum absolute atomic E-state index is 12.9. The van der Waals surface area contributed by atoms with Crippen molar-refractivity contribution < 1.29 is 9.53 Å². The molecule has 0 spiro atoms. The van der Waals surface area contributed by atoms with E-state index in [4.69, 9.17) is 16.3 Å². The minimum absolute atomic E-state index is 0.186.